The third-order valence-corrected chi connectivity index (χ3v) is 9.37. The van der Waals surface area contributed by atoms with E-state index < -0.39 is 42.1 Å². The highest BCUT2D eigenvalue weighted by Crippen LogP contribution is 2.32. The van der Waals surface area contributed by atoms with Crippen LogP contribution in [0, 0.1) is 0 Å². The summed E-state index contributed by atoms with van der Waals surface area (Å²) in [7, 11) is 0. The SMILES string of the molecule is C[C@H](OC(=O)CCC(=O)O[C@@H](CNC(C)(C)C)COc1nsnc1N1CCOCC1)C(=O)O[C@@H](C)C(=O)N(C1=[NH+]CCN1)c1ccc2nccnc2c1Br. The van der Waals surface area contributed by atoms with Crippen molar-refractivity contribution in [1.82, 2.24) is 29.3 Å². The summed E-state index contributed by atoms with van der Waals surface area (Å²) in [6, 6.07) is 3.43. The summed E-state index contributed by atoms with van der Waals surface area (Å²) in [6.07, 6.45) is -0.906. The van der Waals surface area contributed by atoms with Crippen LogP contribution in [0.25, 0.3) is 11.0 Å². The first-order chi connectivity index (χ1) is 25.8. The van der Waals surface area contributed by atoms with Gasteiger partial charge in [0.25, 0.3) is 5.88 Å². The maximum Gasteiger partial charge on any atom is 0.358 e. The van der Waals surface area contributed by atoms with Crippen molar-refractivity contribution in [2.45, 2.75) is 71.3 Å². The molecule has 0 radical (unpaired) electrons. The molecule has 2 aliphatic rings. The summed E-state index contributed by atoms with van der Waals surface area (Å²) in [6.45, 7) is 12.6. The number of ether oxygens (including phenoxy) is 5. The van der Waals surface area contributed by atoms with Crippen molar-refractivity contribution in [3.8, 4) is 5.88 Å². The largest absolute Gasteiger partial charge is 0.470 e. The van der Waals surface area contributed by atoms with Crippen LogP contribution in [-0.4, -0.2) is 125 Å². The predicted molar refractivity (Wildman–Crippen MR) is 200 cm³/mol. The Kier molecular flexibility index (Phi) is 14.1. The zero-order chi connectivity index (χ0) is 38.8. The lowest BCUT2D eigenvalue weighted by Crippen LogP contribution is -2.75. The summed E-state index contributed by atoms with van der Waals surface area (Å²) >= 11 is 4.58. The lowest BCUT2D eigenvalue weighted by molar-refractivity contribution is -0.445. The first-order valence-corrected chi connectivity index (χ1v) is 19.0. The Hall–Kier alpha value is -4.53. The Morgan fingerprint density at radius 1 is 1.04 bits per heavy atom. The molecule has 18 nitrogen and oxygen atoms in total. The second kappa shape index (κ2) is 18.7. The van der Waals surface area contributed by atoms with Gasteiger partial charge in [0.2, 0.25) is 5.82 Å². The maximum atomic E-state index is 13.8. The lowest BCUT2D eigenvalue weighted by Gasteiger charge is -2.27. The van der Waals surface area contributed by atoms with Gasteiger partial charge < -0.3 is 33.9 Å². The van der Waals surface area contributed by atoms with E-state index in [4.69, 9.17) is 23.7 Å². The van der Waals surface area contributed by atoms with Gasteiger partial charge in [0.1, 0.15) is 23.9 Å². The molecule has 2 aromatic heterocycles. The Morgan fingerprint density at radius 2 is 1.76 bits per heavy atom. The zero-order valence-corrected chi connectivity index (χ0v) is 33.2. The minimum Gasteiger partial charge on any atom is -0.470 e. The van der Waals surface area contributed by atoms with Crippen LogP contribution in [0.5, 0.6) is 5.88 Å². The summed E-state index contributed by atoms with van der Waals surface area (Å²) in [5, 5.41) is 6.43. The molecular formula is C34H45BrN9O9S+. The van der Waals surface area contributed by atoms with Crippen LogP contribution >= 0.6 is 27.7 Å². The van der Waals surface area contributed by atoms with Crippen molar-refractivity contribution < 1.29 is 47.9 Å². The second-order valence-electron chi connectivity index (χ2n) is 13.5. The molecule has 292 valence electrons. The van der Waals surface area contributed by atoms with Crippen LogP contribution in [0.3, 0.4) is 0 Å². The minimum atomic E-state index is -1.36. The molecule has 3 N–H and O–H groups in total. The molecule has 1 amide bonds. The second-order valence-corrected chi connectivity index (χ2v) is 14.8. The van der Waals surface area contributed by atoms with Crippen molar-refractivity contribution in [3.05, 3.63) is 29.0 Å². The van der Waals surface area contributed by atoms with E-state index in [2.05, 4.69) is 50.3 Å². The van der Waals surface area contributed by atoms with Crippen molar-refractivity contribution in [3.63, 3.8) is 0 Å². The van der Waals surface area contributed by atoms with Gasteiger partial charge in [-0.15, -0.1) is 4.37 Å². The first kappa shape index (κ1) is 40.7. The molecule has 3 atom stereocenters. The van der Waals surface area contributed by atoms with Crippen LogP contribution in [0.2, 0.25) is 0 Å². The minimum absolute atomic E-state index is 0.00345. The van der Waals surface area contributed by atoms with Gasteiger partial charge in [0, 0.05) is 37.6 Å². The zero-order valence-electron chi connectivity index (χ0n) is 30.8. The summed E-state index contributed by atoms with van der Waals surface area (Å²) in [4.78, 5) is 67.5. The highest BCUT2D eigenvalue weighted by molar-refractivity contribution is 9.10. The number of hydrogen-bond acceptors (Lipinski definition) is 17. The first-order valence-electron chi connectivity index (χ1n) is 17.5. The molecule has 3 aromatic rings. The normalized spacial score (nSPS) is 16.1. The fraction of sp³-hybridized carbons (Fsp3) is 0.559. The van der Waals surface area contributed by atoms with Gasteiger partial charge in [-0.25, -0.2) is 4.79 Å². The number of benzene rings is 1. The van der Waals surface area contributed by atoms with E-state index in [1.165, 1.54) is 18.7 Å². The molecule has 0 unspecified atom stereocenters. The number of halogens is 1. The number of amides is 1. The number of esters is 3. The number of guanidine groups is 1. The standard InChI is InChI=1S/C34H44BrN9O9S/c1-20(31(47)44(33-38-12-13-39-33)24-7-6-23-28(27(24)35)37-11-10-36-23)52-32(48)21(2)51-25(45)8-9-26(46)53-22(18-40-34(3,4)5)19-50-30-29(41-54-42-30)43-14-16-49-17-15-43/h6-7,10-11,20-22,40H,8-9,12-19H2,1-5H3,(H,38,39)/p+1/t20-,21-,22-/m0/s1. The van der Waals surface area contributed by atoms with E-state index in [9.17, 15) is 19.2 Å². The lowest BCUT2D eigenvalue weighted by atomic mass is 10.1. The highest BCUT2D eigenvalue weighted by atomic mass is 79.9. The molecule has 0 bridgehead atoms. The van der Waals surface area contributed by atoms with E-state index >= 15 is 0 Å². The number of aromatic nitrogens is 4. The van der Waals surface area contributed by atoms with Gasteiger partial charge in [-0.2, -0.15) is 9.27 Å². The Bertz CT molecular complexity index is 1830. The quantitative estimate of drug-likeness (QED) is 0.140. The summed E-state index contributed by atoms with van der Waals surface area (Å²) < 4.78 is 36.9. The molecule has 1 fully saturated rings. The van der Waals surface area contributed by atoms with Crippen molar-refractivity contribution >= 4 is 80.0 Å². The third kappa shape index (κ3) is 11.0. The highest BCUT2D eigenvalue weighted by Gasteiger charge is 2.38. The van der Waals surface area contributed by atoms with E-state index in [-0.39, 0.29) is 31.5 Å². The molecule has 1 saturated heterocycles. The topological polar surface area (TPSA) is 210 Å². The van der Waals surface area contributed by atoms with Gasteiger partial charge in [0.05, 0.1) is 60.9 Å². The summed E-state index contributed by atoms with van der Waals surface area (Å²) in [5.41, 5.74) is 1.33. The van der Waals surface area contributed by atoms with E-state index in [0.717, 1.165) is 11.7 Å². The van der Waals surface area contributed by atoms with Crippen LogP contribution in [0.1, 0.15) is 47.5 Å². The molecule has 20 heteroatoms. The monoisotopic (exact) mass is 834 g/mol. The van der Waals surface area contributed by atoms with Crippen molar-refractivity contribution in [1.29, 1.82) is 0 Å². The van der Waals surface area contributed by atoms with Crippen molar-refractivity contribution in [2.24, 2.45) is 0 Å². The molecular weight excluding hydrogens is 790 g/mol. The molecule has 0 saturated carbocycles. The fourth-order valence-electron chi connectivity index (χ4n) is 5.31. The number of fused-ring (bicyclic) bond motifs is 1. The van der Waals surface area contributed by atoms with Crippen LogP contribution in [0.15, 0.2) is 29.0 Å². The van der Waals surface area contributed by atoms with Gasteiger partial charge in [0.15, 0.2) is 12.2 Å². The molecule has 0 aliphatic carbocycles. The smallest absolute Gasteiger partial charge is 0.358 e. The average Bonchev–Trinajstić information content (AvgIpc) is 3.86. The Labute approximate surface area is 324 Å². The molecule has 5 rings (SSSR count). The average molecular weight is 836 g/mol. The van der Waals surface area contributed by atoms with Crippen LogP contribution < -0.4 is 30.2 Å². The van der Waals surface area contributed by atoms with Crippen molar-refractivity contribution in [2.75, 3.05) is 62.3 Å². The van der Waals surface area contributed by atoms with E-state index in [0.29, 0.717) is 78.2 Å². The molecule has 1 aromatic carbocycles. The van der Waals surface area contributed by atoms with E-state index in [1.807, 2.05) is 25.7 Å². The fourth-order valence-corrected chi connectivity index (χ4v) is 6.45. The number of nitrogens with one attached hydrogen (secondary N) is 3. The Morgan fingerprint density at radius 3 is 2.46 bits per heavy atom. The van der Waals surface area contributed by atoms with Crippen LogP contribution in [-0.2, 0) is 38.1 Å². The van der Waals surface area contributed by atoms with Gasteiger partial charge in [-0.1, -0.05) is 0 Å². The molecule has 2 aliphatic heterocycles. The number of nitrogens with zero attached hydrogens (tertiary/aromatic N) is 6. The number of rotatable bonds is 15. The van der Waals surface area contributed by atoms with Gasteiger partial charge >= 0.3 is 29.8 Å². The number of morpholine rings is 1. The number of carbonyl (C=O) groups excluding carboxylic acids is 4. The number of carbonyl (C=O) groups is 4. The third-order valence-electron chi connectivity index (χ3n) is 8.08. The maximum absolute atomic E-state index is 13.8. The summed E-state index contributed by atoms with van der Waals surface area (Å²) in [5.74, 6) is -1.64. The van der Waals surface area contributed by atoms with Crippen LogP contribution in [0.4, 0.5) is 11.5 Å². The van der Waals surface area contributed by atoms with E-state index in [1.54, 1.807) is 24.5 Å². The molecule has 4 heterocycles. The van der Waals surface area contributed by atoms with Gasteiger partial charge in [-0.05, 0) is 62.7 Å². The predicted octanol–water partition coefficient (Wildman–Crippen LogP) is 0.476. The van der Waals surface area contributed by atoms with Gasteiger partial charge in [-0.3, -0.25) is 34.7 Å². The number of hydrogen-bond donors (Lipinski definition) is 3. The Balaban J connectivity index is 1.12. The number of anilines is 2. The molecule has 0 spiro atoms. The molecule has 54 heavy (non-hydrogen) atoms.